The Morgan fingerprint density at radius 2 is 1.61 bits per heavy atom. The Labute approximate surface area is 132 Å². The lowest BCUT2D eigenvalue weighted by molar-refractivity contribution is -0.138. The van der Waals surface area contributed by atoms with Crippen LogP contribution in [0.25, 0.3) is 0 Å². The van der Waals surface area contributed by atoms with Crippen molar-refractivity contribution < 1.29 is 32.6 Å². The molecule has 23 heavy (non-hydrogen) atoms. The number of amides is 1. The smallest absolute Gasteiger partial charge is 0.416 e. The molecular weight excluding hydrogens is 315 g/mol. The summed E-state index contributed by atoms with van der Waals surface area (Å²) in [5, 5.41) is 10.3. The third-order valence-corrected chi connectivity index (χ3v) is 2.16. The summed E-state index contributed by atoms with van der Waals surface area (Å²) in [7, 11) is 0. The second-order valence-electron chi connectivity index (χ2n) is 5.61. The third-order valence-electron chi connectivity index (χ3n) is 2.16. The minimum atomic E-state index is -4.21. The number of alkyl carbamates (subject to hydrolysis) is 1. The van der Waals surface area contributed by atoms with Gasteiger partial charge in [-0.15, -0.1) is 0 Å². The Hall–Kier alpha value is -2.25. The van der Waals surface area contributed by atoms with Gasteiger partial charge in [0.05, 0.1) is 5.56 Å². The number of carbonyl (C=O) groups excluding carboxylic acids is 1. The molecule has 0 atom stereocenters. The molecule has 0 aliphatic carbocycles. The molecule has 0 aliphatic rings. The fourth-order valence-electron chi connectivity index (χ4n) is 1.20. The van der Waals surface area contributed by atoms with Crippen LogP contribution in [0.5, 0.6) is 0 Å². The summed E-state index contributed by atoms with van der Waals surface area (Å²) < 4.78 is 40.5. The van der Waals surface area contributed by atoms with Crippen molar-refractivity contribution in [3.63, 3.8) is 0 Å². The highest BCUT2D eigenvalue weighted by atomic mass is 19.4. The monoisotopic (exact) mass is 335 g/mol. The second-order valence-corrected chi connectivity index (χ2v) is 5.61. The van der Waals surface area contributed by atoms with Gasteiger partial charge in [-0.25, -0.2) is 4.79 Å². The number of alkyl halides is 3. The molecule has 0 fully saturated rings. The van der Waals surface area contributed by atoms with Crippen LogP contribution in [-0.4, -0.2) is 29.3 Å². The Bertz CT molecular complexity index is 519. The molecule has 0 heterocycles. The maximum atomic E-state index is 11.9. The Balaban J connectivity index is 0.000000422. The van der Waals surface area contributed by atoms with Crippen LogP contribution in [0.4, 0.5) is 18.0 Å². The molecule has 0 bridgehead atoms. The number of hydrogen-bond acceptors (Lipinski definition) is 3. The van der Waals surface area contributed by atoms with Crippen molar-refractivity contribution in [2.45, 2.75) is 39.5 Å². The van der Waals surface area contributed by atoms with Crippen LogP contribution in [0, 0.1) is 6.92 Å². The Morgan fingerprint density at radius 3 is 1.96 bits per heavy atom. The second kappa shape index (κ2) is 8.40. The molecule has 0 saturated heterocycles. The fraction of sp³-hybridized carbons (Fsp3) is 0.467. The number of carboxylic acid groups (broad SMARTS) is 1. The van der Waals surface area contributed by atoms with E-state index in [0.717, 1.165) is 17.7 Å². The first kappa shape index (κ1) is 20.8. The minimum absolute atomic E-state index is 0.422. The molecule has 0 spiro atoms. The van der Waals surface area contributed by atoms with E-state index in [4.69, 9.17) is 9.84 Å². The number of ether oxygens (including phenoxy) is 1. The quantitative estimate of drug-likeness (QED) is 0.866. The van der Waals surface area contributed by atoms with E-state index in [2.05, 4.69) is 5.32 Å². The van der Waals surface area contributed by atoms with E-state index >= 15 is 0 Å². The van der Waals surface area contributed by atoms with Gasteiger partial charge in [-0.3, -0.25) is 4.79 Å². The van der Waals surface area contributed by atoms with Gasteiger partial charge in [-0.1, -0.05) is 17.7 Å². The minimum Gasteiger partial charge on any atom is -0.480 e. The van der Waals surface area contributed by atoms with E-state index in [9.17, 15) is 22.8 Å². The predicted molar refractivity (Wildman–Crippen MR) is 78.1 cm³/mol. The first-order chi connectivity index (χ1) is 10.3. The zero-order valence-corrected chi connectivity index (χ0v) is 13.3. The van der Waals surface area contributed by atoms with Crippen LogP contribution in [0.3, 0.4) is 0 Å². The van der Waals surface area contributed by atoms with Crippen molar-refractivity contribution >= 4 is 12.1 Å². The maximum Gasteiger partial charge on any atom is 0.416 e. The van der Waals surface area contributed by atoms with E-state index in [-0.39, 0.29) is 0 Å². The molecule has 1 aromatic carbocycles. The van der Waals surface area contributed by atoms with E-state index in [1.807, 2.05) is 0 Å². The summed E-state index contributed by atoms with van der Waals surface area (Å²) in [6, 6.07) is 5.05. The molecule has 0 saturated carbocycles. The van der Waals surface area contributed by atoms with E-state index in [1.165, 1.54) is 12.1 Å². The number of rotatable bonds is 2. The average molecular weight is 335 g/mol. The van der Waals surface area contributed by atoms with Crippen molar-refractivity contribution in [1.29, 1.82) is 0 Å². The first-order valence-electron chi connectivity index (χ1n) is 6.64. The molecule has 1 aromatic rings. The molecule has 2 N–H and O–H groups in total. The number of carbonyl (C=O) groups is 2. The molecule has 0 radical (unpaired) electrons. The molecular formula is C15H20F3NO4. The van der Waals surface area contributed by atoms with Gasteiger partial charge < -0.3 is 15.2 Å². The molecule has 0 aliphatic heterocycles. The zero-order chi connectivity index (χ0) is 18.3. The molecule has 130 valence electrons. The van der Waals surface area contributed by atoms with Gasteiger partial charge in [0.15, 0.2) is 0 Å². The number of halogens is 3. The van der Waals surface area contributed by atoms with Gasteiger partial charge in [0.1, 0.15) is 12.1 Å². The number of benzene rings is 1. The topological polar surface area (TPSA) is 75.6 Å². The number of nitrogens with one attached hydrogen (secondary N) is 1. The van der Waals surface area contributed by atoms with Crippen molar-refractivity contribution in [2.75, 3.05) is 6.54 Å². The Kier molecular flexibility index (Phi) is 7.58. The summed E-state index contributed by atoms with van der Waals surface area (Å²) in [5.41, 5.74) is -0.358. The van der Waals surface area contributed by atoms with Gasteiger partial charge in [0.2, 0.25) is 0 Å². The number of hydrogen-bond donors (Lipinski definition) is 2. The van der Waals surface area contributed by atoms with Crippen LogP contribution in [0.15, 0.2) is 24.3 Å². The Morgan fingerprint density at radius 1 is 1.13 bits per heavy atom. The maximum absolute atomic E-state index is 11.9. The largest absolute Gasteiger partial charge is 0.480 e. The van der Waals surface area contributed by atoms with Crippen molar-refractivity contribution in [3.05, 3.63) is 35.4 Å². The molecule has 0 aromatic heterocycles. The first-order valence-corrected chi connectivity index (χ1v) is 6.64. The number of carboxylic acids is 1. The fourth-order valence-corrected chi connectivity index (χ4v) is 1.20. The van der Waals surface area contributed by atoms with Gasteiger partial charge >= 0.3 is 18.2 Å². The summed E-state index contributed by atoms with van der Waals surface area (Å²) in [5.74, 6) is -1.10. The number of aliphatic carboxylic acids is 1. The third kappa shape index (κ3) is 11.0. The van der Waals surface area contributed by atoms with Gasteiger partial charge in [0, 0.05) is 0 Å². The lowest BCUT2D eigenvalue weighted by atomic mass is 10.1. The van der Waals surface area contributed by atoms with Crippen LogP contribution in [0.2, 0.25) is 0 Å². The predicted octanol–water partition coefficient (Wildman–Crippen LogP) is 3.61. The van der Waals surface area contributed by atoms with E-state index in [0.29, 0.717) is 0 Å². The average Bonchev–Trinajstić information content (AvgIpc) is 2.34. The molecule has 8 heteroatoms. The van der Waals surface area contributed by atoms with Crippen LogP contribution >= 0.6 is 0 Å². The zero-order valence-electron chi connectivity index (χ0n) is 13.3. The van der Waals surface area contributed by atoms with Gasteiger partial charge in [-0.05, 0) is 39.8 Å². The molecule has 1 amide bonds. The molecule has 1 rings (SSSR count). The highest BCUT2D eigenvalue weighted by Gasteiger charge is 2.29. The summed E-state index contributed by atoms with van der Waals surface area (Å²) in [6.07, 6.45) is -4.93. The lowest BCUT2D eigenvalue weighted by Gasteiger charge is -2.19. The molecule has 0 unspecified atom stereocenters. The van der Waals surface area contributed by atoms with Gasteiger partial charge in [0.25, 0.3) is 0 Å². The highest BCUT2D eigenvalue weighted by molar-refractivity contribution is 5.76. The van der Waals surface area contributed by atoms with Crippen molar-refractivity contribution in [1.82, 2.24) is 5.32 Å². The summed E-state index contributed by atoms with van der Waals surface area (Å²) in [4.78, 5) is 20.8. The van der Waals surface area contributed by atoms with Crippen molar-refractivity contribution in [3.8, 4) is 0 Å². The van der Waals surface area contributed by atoms with Crippen LogP contribution in [0.1, 0.15) is 31.9 Å². The summed E-state index contributed by atoms with van der Waals surface area (Å²) in [6.45, 7) is 6.43. The summed E-state index contributed by atoms with van der Waals surface area (Å²) >= 11 is 0. The normalized spacial score (nSPS) is 11.1. The van der Waals surface area contributed by atoms with Crippen LogP contribution in [-0.2, 0) is 15.7 Å². The molecule has 5 nitrogen and oxygen atoms in total. The van der Waals surface area contributed by atoms with E-state index in [1.54, 1.807) is 27.7 Å². The standard InChI is InChI=1S/C8H7F3.C7H13NO4/c1-6-2-4-7(5-3-6)8(9,10)11;1-7(2,3)12-6(11)8-4-5(9)10/h2-5H,1H3;4H2,1-3H3,(H,8,11)(H,9,10). The highest BCUT2D eigenvalue weighted by Crippen LogP contribution is 2.28. The van der Waals surface area contributed by atoms with Gasteiger partial charge in [-0.2, -0.15) is 13.2 Å². The SMILES string of the molecule is CC(C)(C)OC(=O)NCC(=O)O.Cc1ccc(C(F)(F)F)cc1. The van der Waals surface area contributed by atoms with Crippen molar-refractivity contribution in [2.24, 2.45) is 0 Å². The van der Waals surface area contributed by atoms with Crippen LogP contribution < -0.4 is 5.32 Å². The van der Waals surface area contributed by atoms with E-state index < -0.39 is 35.9 Å². The lowest BCUT2D eigenvalue weighted by Crippen LogP contribution is -2.35. The number of aryl methyl sites for hydroxylation is 1.